The lowest BCUT2D eigenvalue weighted by atomic mass is 9.99. The van der Waals surface area contributed by atoms with E-state index >= 15 is 0 Å². The maximum absolute atomic E-state index is 12.6. The van der Waals surface area contributed by atoms with Crippen molar-refractivity contribution in [3.05, 3.63) is 70.3 Å². The molecule has 2 atom stereocenters. The molecule has 27 heavy (non-hydrogen) atoms. The predicted molar refractivity (Wildman–Crippen MR) is 112 cm³/mol. The number of hydrogen-bond acceptors (Lipinski definition) is 2. The summed E-state index contributed by atoms with van der Waals surface area (Å²) in [7, 11) is 0. The Hall–Kier alpha value is -2.13. The van der Waals surface area contributed by atoms with Crippen LogP contribution in [0.2, 0.25) is 0 Å². The number of rotatable bonds is 5. The van der Waals surface area contributed by atoms with Crippen molar-refractivity contribution < 1.29 is 4.79 Å². The molecule has 0 aromatic heterocycles. The molecule has 0 aliphatic carbocycles. The van der Waals surface area contributed by atoms with Crippen LogP contribution in [0.3, 0.4) is 0 Å². The monoisotopic (exact) mass is 364 g/mol. The summed E-state index contributed by atoms with van der Waals surface area (Å²) < 4.78 is 0. The van der Waals surface area contributed by atoms with Crippen molar-refractivity contribution in [2.45, 2.75) is 53.1 Å². The van der Waals surface area contributed by atoms with Gasteiger partial charge in [-0.15, -0.1) is 0 Å². The van der Waals surface area contributed by atoms with Crippen molar-refractivity contribution in [3.63, 3.8) is 0 Å². The van der Waals surface area contributed by atoms with E-state index in [4.69, 9.17) is 0 Å². The molecule has 2 aromatic rings. The lowest BCUT2D eigenvalue weighted by Gasteiger charge is -2.30. The molecule has 0 bridgehead atoms. The normalized spacial score (nSPS) is 18.9. The number of amides is 1. The van der Waals surface area contributed by atoms with Crippen LogP contribution in [0, 0.1) is 19.8 Å². The molecule has 1 amide bonds. The molecule has 1 fully saturated rings. The minimum atomic E-state index is -0.0125. The van der Waals surface area contributed by atoms with Gasteiger partial charge >= 0.3 is 0 Å². The van der Waals surface area contributed by atoms with E-state index < -0.39 is 0 Å². The number of nitrogens with zero attached hydrogens (tertiary/aromatic N) is 1. The molecule has 0 spiro atoms. The first-order chi connectivity index (χ1) is 12.9. The van der Waals surface area contributed by atoms with Gasteiger partial charge in [0.2, 0.25) is 0 Å². The summed E-state index contributed by atoms with van der Waals surface area (Å²) in [5.41, 5.74) is 5.61. The molecule has 3 nitrogen and oxygen atoms in total. The quantitative estimate of drug-likeness (QED) is 0.807. The molecule has 1 saturated heterocycles. The molecule has 0 radical (unpaired) electrons. The van der Waals surface area contributed by atoms with E-state index in [0.29, 0.717) is 0 Å². The van der Waals surface area contributed by atoms with Crippen molar-refractivity contribution in [1.29, 1.82) is 0 Å². The summed E-state index contributed by atoms with van der Waals surface area (Å²) in [5.74, 6) is 0.775. The standard InChI is InChI=1S/C24H32N2O/c1-17-7-8-19(3)23(14-17)20(4)25-24(27)22-11-9-21(10-12-22)16-26-13-5-6-18(2)15-26/h7-12,14,18,20H,5-6,13,15-16H2,1-4H3,(H,25,27)/t18-,20+/m1/s1. The number of hydrogen-bond donors (Lipinski definition) is 1. The summed E-state index contributed by atoms with van der Waals surface area (Å²) in [4.78, 5) is 15.2. The third-order valence-corrected chi connectivity index (χ3v) is 5.61. The van der Waals surface area contributed by atoms with Crippen LogP contribution < -0.4 is 5.32 Å². The van der Waals surface area contributed by atoms with Crippen LogP contribution in [0.5, 0.6) is 0 Å². The second-order valence-electron chi connectivity index (χ2n) is 8.23. The van der Waals surface area contributed by atoms with Crippen LogP contribution >= 0.6 is 0 Å². The molecule has 3 rings (SSSR count). The van der Waals surface area contributed by atoms with Gasteiger partial charge in [0.15, 0.2) is 0 Å². The van der Waals surface area contributed by atoms with E-state index in [-0.39, 0.29) is 11.9 Å². The van der Waals surface area contributed by atoms with Crippen LogP contribution in [0.4, 0.5) is 0 Å². The van der Waals surface area contributed by atoms with Gasteiger partial charge in [0.25, 0.3) is 5.91 Å². The Morgan fingerprint density at radius 1 is 1.19 bits per heavy atom. The second kappa shape index (κ2) is 8.71. The zero-order chi connectivity index (χ0) is 19.4. The van der Waals surface area contributed by atoms with Gasteiger partial charge in [0.05, 0.1) is 6.04 Å². The molecule has 1 aliphatic rings. The summed E-state index contributed by atoms with van der Waals surface area (Å²) in [6.07, 6.45) is 2.63. The first-order valence-electron chi connectivity index (χ1n) is 10.1. The number of nitrogens with one attached hydrogen (secondary N) is 1. The highest BCUT2D eigenvalue weighted by atomic mass is 16.1. The fourth-order valence-electron chi connectivity index (χ4n) is 4.03. The molecular formula is C24H32N2O. The van der Waals surface area contributed by atoms with Gasteiger partial charge in [0.1, 0.15) is 0 Å². The van der Waals surface area contributed by atoms with Crippen LogP contribution in [0.25, 0.3) is 0 Å². The van der Waals surface area contributed by atoms with Gasteiger partial charge < -0.3 is 5.32 Å². The van der Waals surface area contributed by atoms with Crippen LogP contribution in [-0.2, 0) is 6.54 Å². The molecule has 144 valence electrons. The molecule has 3 heteroatoms. The minimum absolute atomic E-state index is 0.00749. The van der Waals surface area contributed by atoms with Crippen LogP contribution in [-0.4, -0.2) is 23.9 Å². The van der Waals surface area contributed by atoms with Crippen molar-refractivity contribution >= 4 is 5.91 Å². The van der Waals surface area contributed by atoms with E-state index in [1.54, 1.807) is 0 Å². The average Bonchev–Trinajstić information content (AvgIpc) is 2.64. The summed E-state index contributed by atoms with van der Waals surface area (Å²) in [6, 6.07) is 14.5. The predicted octanol–water partition coefficient (Wildman–Crippen LogP) is 5.03. The molecule has 1 heterocycles. The number of piperidine rings is 1. The molecule has 1 N–H and O–H groups in total. The summed E-state index contributed by atoms with van der Waals surface area (Å²) >= 11 is 0. The van der Waals surface area contributed by atoms with Crippen molar-refractivity contribution in [2.75, 3.05) is 13.1 Å². The highest BCUT2D eigenvalue weighted by molar-refractivity contribution is 5.94. The maximum Gasteiger partial charge on any atom is 0.251 e. The Bertz CT molecular complexity index is 781. The third-order valence-electron chi connectivity index (χ3n) is 5.61. The SMILES string of the molecule is Cc1ccc(C)c([C@H](C)NC(=O)c2ccc(CN3CCC[C@@H](C)C3)cc2)c1. The Morgan fingerprint density at radius 3 is 2.63 bits per heavy atom. The smallest absolute Gasteiger partial charge is 0.251 e. The highest BCUT2D eigenvalue weighted by Gasteiger charge is 2.17. The number of carbonyl (C=O) groups is 1. The Morgan fingerprint density at radius 2 is 1.93 bits per heavy atom. The summed E-state index contributed by atoms with van der Waals surface area (Å²) in [5, 5.41) is 3.14. The lowest BCUT2D eigenvalue weighted by Crippen LogP contribution is -2.33. The topological polar surface area (TPSA) is 32.3 Å². The van der Waals surface area contributed by atoms with Gasteiger partial charge in [-0.1, -0.05) is 42.8 Å². The Labute approximate surface area is 163 Å². The van der Waals surface area contributed by atoms with Crippen molar-refractivity contribution in [2.24, 2.45) is 5.92 Å². The first kappa shape index (κ1) is 19.6. The minimum Gasteiger partial charge on any atom is -0.346 e. The van der Waals surface area contributed by atoms with E-state index in [1.807, 2.05) is 19.1 Å². The summed E-state index contributed by atoms with van der Waals surface area (Å²) in [6.45, 7) is 11.9. The van der Waals surface area contributed by atoms with E-state index in [9.17, 15) is 4.79 Å². The third kappa shape index (κ3) is 5.20. The van der Waals surface area contributed by atoms with Gasteiger partial charge in [-0.3, -0.25) is 9.69 Å². The maximum atomic E-state index is 12.6. The Kier molecular flexibility index (Phi) is 6.33. The average molecular weight is 365 g/mol. The fraction of sp³-hybridized carbons (Fsp3) is 0.458. The molecular weight excluding hydrogens is 332 g/mol. The van der Waals surface area contributed by atoms with E-state index in [0.717, 1.165) is 18.0 Å². The van der Waals surface area contributed by atoms with Gasteiger partial charge in [0, 0.05) is 18.7 Å². The lowest BCUT2D eigenvalue weighted by molar-refractivity contribution is 0.0940. The number of carbonyl (C=O) groups excluding carboxylic acids is 1. The van der Waals surface area contributed by atoms with Gasteiger partial charge in [-0.25, -0.2) is 0 Å². The Balaban J connectivity index is 1.61. The molecule has 1 aliphatic heterocycles. The van der Waals surface area contributed by atoms with Crippen molar-refractivity contribution in [1.82, 2.24) is 10.2 Å². The van der Waals surface area contributed by atoms with Crippen molar-refractivity contribution in [3.8, 4) is 0 Å². The zero-order valence-electron chi connectivity index (χ0n) is 17.1. The molecule has 0 saturated carbocycles. The molecule has 0 unspecified atom stereocenters. The van der Waals surface area contributed by atoms with Gasteiger partial charge in [-0.05, 0) is 74.9 Å². The molecule has 2 aromatic carbocycles. The number of likely N-dealkylation sites (tertiary alicyclic amines) is 1. The van der Waals surface area contributed by atoms with Gasteiger partial charge in [-0.2, -0.15) is 0 Å². The number of benzene rings is 2. The first-order valence-corrected chi connectivity index (χ1v) is 10.1. The zero-order valence-corrected chi connectivity index (χ0v) is 17.1. The van der Waals surface area contributed by atoms with Crippen LogP contribution in [0.1, 0.15) is 65.3 Å². The van der Waals surface area contributed by atoms with E-state index in [1.165, 1.54) is 48.2 Å². The number of aryl methyl sites for hydroxylation is 2. The second-order valence-corrected chi connectivity index (χ2v) is 8.23. The largest absolute Gasteiger partial charge is 0.346 e. The van der Waals surface area contributed by atoms with E-state index in [2.05, 4.69) is 61.3 Å². The highest BCUT2D eigenvalue weighted by Crippen LogP contribution is 2.20. The van der Waals surface area contributed by atoms with Crippen LogP contribution in [0.15, 0.2) is 42.5 Å². The fourth-order valence-corrected chi connectivity index (χ4v) is 4.03.